The molecule has 1 atom stereocenters. The summed E-state index contributed by atoms with van der Waals surface area (Å²) in [6.07, 6.45) is 0.292. The molecule has 1 heterocycles. The van der Waals surface area contributed by atoms with Gasteiger partial charge in [0, 0.05) is 0 Å². The number of hydrogen-bond acceptors (Lipinski definition) is 4. The molecule has 8 heteroatoms. The molecule has 2 aromatic carbocycles. The van der Waals surface area contributed by atoms with E-state index >= 15 is 0 Å². The van der Waals surface area contributed by atoms with Crippen LogP contribution >= 0.6 is 0 Å². The van der Waals surface area contributed by atoms with Crippen molar-refractivity contribution in [3.05, 3.63) is 70.0 Å². The molecule has 0 radical (unpaired) electrons. The number of hydrogen-bond donors (Lipinski definition) is 2. The van der Waals surface area contributed by atoms with Gasteiger partial charge in [-0.15, -0.1) is 0 Å². The van der Waals surface area contributed by atoms with Crippen molar-refractivity contribution in [3.8, 4) is 11.8 Å². The number of rotatable bonds is 4. The summed E-state index contributed by atoms with van der Waals surface area (Å²) in [4.78, 5) is 29.0. The molecule has 0 saturated heterocycles. The highest BCUT2D eigenvalue weighted by molar-refractivity contribution is 5.85. The van der Waals surface area contributed by atoms with E-state index in [1.807, 2.05) is 6.07 Å². The van der Waals surface area contributed by atoms with Gasteiger partial charge in [-0.2, -0.15) is 5.26 Å². The summed E-state index contributed by atoms with van der Waals surface area (Å²) in [5, 5.41) is 20.9. The first-order valence-electron chi connectivity index (χ1n) is 8.71. The Bertz CT molecular complexity index is 1180. The van der Waals surface area contributed by atoms with Crippen molar-refractivity contribution in [2.45, 2.75) is 18.9 Å². The molecule has 0 bridgehead atoms. The third-order valence-corrected chi connectivity index (χ3v) is 4.79. The normalized spacial score (nSPS) is 14.4. The zero-order valence-corrected chi connectivity index (χ0v) is 14.6. The molecule has 1 amide bonds. The number of halogens is 1. The maximum absolute atomic E-state index is 14.5. The van der Waals surface area contributed by atoms with Crippen LogP contribution in [0.25, 0.3) is 16.6 Å². The van der Waals surface area contributed by atoms with Gasteiger partial charge in [-0.1, -0.05) is 18.2 Å². The van der Waals surface area contributed by atoms with E-state index in [0.717, 1.165) is 18.9 Å². The van der Waals surface area contributed by atoms with Gasteiger partial charge >= 0.3 is 6.09 Å². The zero-order valence-electron chi connectivity index (χ0n) is 14.6. The largest absolute Gasteiger partial charge is 0.465 e. The van der Waals surface area contributed by atoms with Crippen LogP contribution in [0.1, 0.15) is 30.3 Å². The number of nitrogens with zero attached hydrogens (tertiary/aromatic N) is 3. The van der Waals surface area contributed by atoms with Crippen LogP contribution in [-0.4, -0.2) is 20.8 Å². The topological polar surface area (TPSA) is 108 Å². The van der Waals surface area contributed by atoms with E-state index in [1.54, 1.807) is 30.3 Å². The molecule has 1 aromatic heterocycles. The van der Waals surface area contributed by atoms with Crippen molar-refractivity contribution in [1.82, 2.24) is 14.9 Å². The van der Waals surface area contributed by atoms with Crippen LogP contribution in [-0.2, 0) is 0 Å². The zero-order chi connectivity index (χ0) is 19.8. The highest BCUT2D eigenvalue weighted by atomic mass is 19.1. The molecule has 0 spiro atoms. The Morgan fingerprint density at radius 1 is 1.29 bits per heavy atom. The first-order valence-corrected chi connectivity index (χ1v) is 8.71. The Balaban J connectivity index is 2.11. The van der Waals surface area contributed by atoms with Crippen molar-refractivity contribution in [1.29, 1.82) is 5.26 Å². The Morgan fingerprint density at radius 3 is 2.61 bits per heavy atom. The second-order valence-electron chi connectivity index (χ2n) is 6.64. The number of carbonyl (C=O) groups is 1. The Labute approximate surface area is 158 Å². The molecule has 2 N–H and O–H groups in total. The quantitative estimate of drug-likeness (QED) is 0.725. The smallest absolute Gasteiger partial charge is 0.405 e. The lowest BCUT2D eigenvalue weighted by Crippen LogP contribution is -2.35. The third kappa shape index (κ3) is 2.97. The van der Waals surface area contributed by atoms with Gasteiger partial charge in [0.05, 0.1) is 22.7 Å². The Kier molecular flexibility index (Phi) is 4.28. The van der Waals surface area contributed by atoms with Gasteiger partial charge in [0.1, 0.15) is 23.2 Å². The van der Waals surface area contributed by atoms with Gasteiger partial charge < -0.3 is 10.4 Å². The van der Waals surface area contributed by atoms with Crippen LogP contribution in [0, 0.1) is 23.1 Å². The number of aromatic nitrogens is 2. The predicted octanol–water partition coefficient (Wildman–Crippen LogP) is 3.12. The molecule has 7 nitrogen and oxygen atoms in total. The second kappa shape index (κ2) is 6.78. The maximum atomic E-state index is 14.5. The van der Waals surface area contributed by atoms with E-state index in [1.165, 1.54) is 10.6 Å². The third-order valence-electron chi connectivity index (χ3n) is 4.79. The fraction of sp³-hybridized carbons (Fsp3) is 0.200. The summed E-state index contributed by atoms with van der Waals surface area (Å²) in [7, 11) is 0. The predicted molar refractivity (Wildman–Crippen MR) is 98.6 cm³/mol. The number of para-hydroxylation sites is 1. The summed E-state index contributed by atoms with van der Waals surface area (Å²) in [6, 6.07) is 12.0. The van der Waals surface area contributed by atoms with Crippen molar-refractivity contribution in [2.75, 3.05) is 0 Å². The van der Waals surface area contributed by atoms with Crippen LogP contribution in [0.15, 0.2) is 47.3 Å². The van der Waals surface area contributed by atoms with Gasteiger partial charge in [0.2, 0.25) is 0 Å². The number of carboxylic acid groups (broad SMARTS) is 1. The van der Waals surface area contributed by atoms with Crippen LogP contribution in [0.2, 0.25) is 0 Å². The number of nitriles is 1. The standard InChI is InChI=1S/C20H15FN4O3/c21-14-9-8-12(10-22)15-17(14)23-18(16(11-6-7-11)24-20(27)28)25(19(15)26)13-4-2-1-3-5-13/h1-5,8-9,11,16,24H,6-7H2,(H,27,28). The van der Waals surface area contributed by atoms with Gasteiger partial charge in [-0.05, 0) is 43.0 Å². The molecule has 1 saturated carbocycles. The molecule has 1 aliphatic carbocycles. The monoisotopic (exact) mass is 378 g/mol. The fourth-order valence-corrected chi connectivity index (χ4v) is 3.36. The van der Waals surface area contributed by atoms with Crippen LogP contribution in [0.3, 0.4) is 0 Å². The van der Waals surface area contributed by atoms with Crippen molar-refractivity contribution in [3.63, 3.8) is 0 Å². The first kappa shape index (κ1) is 17.7. The summed E-state index contributed by atoms with van der Waals surface area (Å²) < 4.78 is 15.7. The van der Waals surface area contributed by atoms with E-state index < -0.39 is 23.5 Å². The molecule has 1 fully saturated rings. The molecule has 3 aromatic rings. The van der Waals surface area contributed by atoms with E-state index in [2.05, 4.69) is 10.3 Å². The van der Waals surface area contributed by atoms with Crippen molar-refractivity contribution < 1.29 is 14.3 Å². The minimum Gasteiger partial charge on any atom is -0.465 e. The minimum absolute atomic E-state index is 0.0132. The van der Waals surface area contributed by atoms with Gasteiger partial charge in [-0.3, -0.25) is 9.36 Å². The lowest BCUT2D eigenvalue weighted by atomic mass is 10.1. The number of amides is 1. The van der Waals surface area contributed by atoms with E-state index in [-0.39, 0.29) is 28.2 Å². The SMILES string of the molecule is N#Cc1ccc(F)c2nc(C(NC(=O)O)C3CC3)n(-c3ccccc3)c(=O)c12. The van der Waals surface area contributed by atoms with Crippen molar-refractivity contribution >= 4 is 17.0 Å². The lowest BCUT2D eigenvalue weighted by Gasteiger charge is -2.21. The minimum atomic E-state index is -1.25. The fourth-order valence-electron chi connectivity index (χ4n) is 3.36. The van der Waals surface area contributed by atoms with Crippen LogP contribution in [0.4, 0.5) is 9.18 Å². The van der Waals surface area contributed by atoms with Crippen LogP contribution in [0.5, 0.6) is 0 Å². The number of nitrogens with one attached hydrogen (secondary N) is 1. The average molecular weight is 378 g/mol. The maximum Gasteiger partial charge on any atom is 0.405 e. The summed E-state index contributed by atoms with van der Waals surface area (Å²) >= 11 is 0. The van der Waals surface area contributed by atoms with Gasteiger partial charge in [-0.25, -0.2) is 14.2 Å². The summed E-state index contributed by atoms with van der Waals surface area (Å²) in [5.74, 6) is -0.655. The Morgan fingerprint density at radius 2 is 2.00 bits per heavy atom. The van der Waals surface area contributed by atoms with Crippen LogP contribution < -0.4 is 10.9 Å². The van der Waals surface area contributed by atoms with E-state index in [9.17, 15) is 24.3 Å². The molecule has 4 rings (SSSR count). The second-order valence-corrected chi connectivity index (χ2v) is 6.64. The highest BCUT2D eigenvalue weighted by Crippen LogP contribution is 2.41. The van der Waals surface area contributed by atoms with Gasteiger partial charge in [0.25, 0.3) is 5.56 Å². The molecule has 0 aliphatic heterocycles. The number of fused-ring (bicyclic) bond motifs is 1. The number of benzene rings is 2. The first-order chi connectivity index (χ1) is 13.5. The Hall–Kier alpha value is -3.73. The lowest BCUT2D eigenvalue weighted by molar-refractivity contribution is 0.187. The van der Waals surface area contributed by atoms with E-state index in [0.29, 0.717) is 5.69 Å². The van der Waals surface area contributed by atoms with E-state index in [4.69, 9.17) is 0 Å². The summed E-state index contributed by atoms with van der Waals surface area (Å²) in [5.41, 5.74) is -0.369. The average Bonchev–Trinajstić information content (AvgIpc) is 3.52. The van der Waals surface area contributed by atoms with Gasteiger partial charge in [0.15, 0.2) is 0 Å². The molecular formula is C20H15FN4O3. The summed E-state index contributed by atoms with van der Waals surface area (Å²) in [6.45, 7) is 0. The molecule has 1 aliphatic rings. The molecule has 140 valence electrons. The molecular weight excluding hydrogens is 363 g/mol. The molecule has 28 heavy (non-hydrogen) atoms. The van der Waals surface area contributed by atoms with Crippen molar-refractivity contribution in [2.24, 2.45) is 5.92 Å². The molecule has 1 unspecified atom stereocenters. The highest BCUT2D eigenvalue weighted by Gasteiger charge is 2.37.